The largest absolute Gasteiger partial charge is 0.449 e. The number of esters is 1. The number of carbonyl (C=O) groups is 2. The van der Waals surface area contributed by atoms with Crippen molar-refractivity contribution >= 4 is 23.7 Å². The maximum absolute atomic E-state index is 12.4. The average molecular weight is 334 g/mol. The van der Waals surface area contributed by atoms with E-state index >= 15 is 0 Å². The van der Waals surface area contributed by atoms with Crippen molar-refractivity contribution < 1.29 is 23.8 Å². The Morgan fingerprint density at radius 2 is 2.09 bits per heavy atom. The molecule has 22 heavy (non-hydrogen) atoms. The van der Waals surface area contributed by atoms with Crippen LogP contribution in [-0.2, 0) is 19.0 Å². The Balaban J connectivity index is 2.09. The van der Waals surface area contributed by atoms with Gasteiger partial charge in [-0.3, -0.25) is 4.79 Å². The van der Waals surface area contributed by atoms with Crippen LogP contribution in [0.5, 0.6) is 0 Å². The van der Waals surface area contributed by atoms with Crippen molar-refractivity contribution in [3.8, 4) is 0 Å². The Bertz CT molecular complexity index is 432. The molecule has 0 aromatic carbocycles. The van der Waals surface area contributed by atoms with Gasteiger partial charge in [0.05, 0.1) is 18.1 Å². The molecule has 126 valence electrons. The summed E-state index contributed by atoms with van der Waals surface area (Å²) in [7, 11) is 0. The second-order valence-electron chi connectivity index (χ2n) is 6.99. The van der Waals surface area contributed by atoms with Crippen LogP contribution in [-0.4, -0.2) is 54.4 Å². The second kappa shape index (κ2) is 6.62. The normalized spacial score (nSPS) is 28.2. The maximum Gasteiger partial charge on any atom is 0.410 e. The van der Waals surface area contributed by atoms with Crippen LogP contribution in [0, 0.1) is 5.41 Å². The zero-order valence-electron chi connectivity index (χ0n) is 13.4. The third-order valence-electron chi connectivity index (χ3n) is 3.87. The number of hydrogen-bond acceptors (Lipinski definition) is 5. The van der Waals surface area contributed by atoms with E-state index in [9.17, 15) is 9.59 Å². The number of likely N-dealkylation sites (tertiary alicyclic amines) is 1. The molecule has 1 amide bonds. The molecular weight excluding hydrogens is 310 g/mol. The molecule has 0 bridgehead atoms. The first-order valence-corrected chi connectivity index (χ1v) is 8.12. The fourth-order valence-corrected chi connectivity index (χ4v) is 2.95. The first-order chi connectivity index (χ1) is 10.3. The highest BCUT2D eigenvalue weighted by molar-refractivity contribution is 6.17. The van der Waals surface area contributed by atoms with Gasteiger partial charge in [0.25, 0.3) is 0 Å². The van der Waals surface area contributed by atoms with E-state index in [1.807, 2.05) is 20.8 Å². The monoisotopic (exact) mass is 333 g/mol. The molecule has 0 saturated carbocycles. The number of nitrogens with zero attached hydrogens (tertiary/aromatic N) is 1. The van der Waals surface area contributed by atoms with Crippen LogP contribution in [0.15, 0.2) is 0 Å². The highest BCUT2D eigenvalue weighted by Crippen LogP contribution is 2.39. The van der Waals surface area contributed by atoms with E-state index in [-0.39, 0.29) is 24.7 Å². The number of piperidine rings is 1. The molecule has 2 atom stereocenters. The lowest BCUT2D eigenvalue weighted by molar-refractivity contribution is -0.158. The molecule has 2 fully saturated rings. The maximum atomic E-state index is 12.4. The minimum absolute atomic E-state index is 0.0708. The van der Waals surface area contributed by atoms with Crippen molar-refractivity contribution in [2.45, 2.75) is 51.7 Å². The Labute approximate surface area is 136 Å². The summed E-state index contributed by atoms with van der Waals surface area (Å²) in [5.41, 5.74) is -1.31. The lowest BCUT2D eigenvalue weighted by atomic mass is 9.76. The molecule has 2 aliphatic rings. The molecule has 6 nitrogen and oxygen atoms in total. The molecule has 0 radical (unpaired) electrons. The minimum atomic E-state index is -0.745. The van der Waals surface area contributed by atoms with Gasteiger partial charge >= 0.3 is 12.1 Å². The van der Waals surface area contributed by atoms with Crippen LogP contribution in [0.2, 0.25) is 0 Å². The summed E-state index contributed by atoms with van der Waals surface area (Å²) in [5.74, 6) is -0.355. The van der Waals surface area contributed by atoms with E-state index in [1.165, 1.54) is 0 Å². The van der Waals surface area contributed by atoms with Crippen LogP contribution in [0.25, 0.3) is 0 Å². The first kappa shape index (κ1) is 17.3. The first-order valence-electron chi connectivity index (χ1n) is 7.58. The predicted molar refractivity (Wildman–Crippen MR) is 80.6 cm³/mol. The second-order valence-corrected chi connectivity index (χ2v) is 7.20. The summed E-state index contributed by atoms with van der Waals surface area (Å²) in [4.78, 5) is 26.3. The van der Waals surface area contributed by atoms with E-state index in [4.69, 9.17) is 25.8 Å². The lowest BCUT2D eigenvalue weighted by Gasteiger charge is -2.40. The number of rotatable bonds is 4. The predicted octanol–water partition coefficient (Wildman–Crippen LogP) is 2.53. The van der Waals surface area contributed by atoms with Crippen LogP contribution in [0.4, 0.5) is 4.79 Å². The fraction of sp³-hybridized carbons (Fsp3) is 0.867. The quantitative estimate of drug-likeness (QED) is 0.449. The molecule has 0 aromatic rings. The molecule has 2 aliphatic heterocycles. The van der Waals surface area contributed by atoms with E-state index in [0.717, 1.165) is 6.42 Å². The Morgan fingerprint density at radius 1 is 1.41 bits per heavy atom. The van der Waals surface area contributed by atoms with Gasteiger partial charge in [-0.2, -0.15) is 0 Å². The van der Waals surface area contributed by atoms with Gasteiger partial charge in [-0.1, -0.05) is 11.6 Å². The van der Waals surface area contributed by atoms with Gasteiger partial charge in [-0.25, -0.2) is 4.79 Å². The number of alkyl halides is 1. The van der Waals surface area contributed by atoms with Crippen molar-refractivity contribution in [2.24, 2.45) is 5.41 Å². The van der Waals surface area contributed by atoms with Gasteiger partial charge < -0.3 is 19.1 Å². The van der Waals surface area contributed by atoms with Crippen molar-refractivity contribution in [3.05, 3.63) is 0 Å². The molecule has 2 rings (SSSR count). The van der Waals surface area contributed by atoms with E-state index < -0.39 is 17.1 Å². The summed E-state index contributed by atoms with van der Waals surface area (Å²) in [5, 5.41) is 0. The van der Waals surface area contributed by atoms with Crippen molar-refractivity contribution in [2.75, 3.05) is 25.8 Å². The van der Waals surface area contributed by atoms with E-state index in [2.05, 4.69) is 0 Å². The summed E-state index contributed by atoms with van der Waals surface area (Å²) in [6.45, 7) is 6.99. The van der Waals surface area contributed by atoms with Gasteiger partial charge in [-0.15, -0.1) is 0 Å². The Hall–Kier alpha value is -1.01. The minimum Gasteiger partial charge on any atom is -0.449 e. The number of halogens is 1. The summed E-state index contributed by atoms with van der Waals surface area (Å²) >= 11 is 5.54. The highest BCUT2D eigenvalue weighted by Gasteiger charge is 2.49. The Kier molecular flexibility index (Phi) is 5.22. The van der Waals surface area contributed by atoms with Crippen LogP contribution < -0.4 is 0 Å². The fourth-order valence-electron chi connectivity index (χ4n) is 2.85. The molecule has 0 aromatic heterocycles. The third-order valence-corrected chi connectivity index (χ3v) is 3.98. The third kappa shape index (κ3) is 4.49. The Morgan fingerprint density at radius 3 is 2.64 bits per heavy atom. The molecule has 2 heterocycles. The SMILES string of the molecule is CC(C)(C)OC(=O)N1CCCC(CC2CO2)(C(=O)OCCl)C1. The smallest absolute Gasteiger partial charge is 0.410 e. The molecule has 2 unspecified atom stereocenters. The van der Waals surface area contributed by atoms with Gasteiger partial charge in [-0.05, 0) is 40.0 Å². The lowest BCUT2D eigenvalue weighted by Crippen LogP contribution is -2.52. The van der Waals surface area contributed by atoms with Crippen molar-refractivity contribution in [1.82, 2.24) is 4.90 Å². The number of ether oxygens (including phenoxy) is 3. The number of amides is 1. The summed E-state index contributed by atoms with van der Waals surface area (Å²) < 4.78 is 15.7. The van der Waals surface area contributed by atoms with Crippen LogP contribution >= 0.6 is 11.6 Å². The molecule has 0 N–H and O–H groups in total. The van der Waals surface area contributed by atoms with Crippen molar-refractivity contribution in [3.63, 3.8) is 0 Å². The summed E-state index contributed by atoms with van der Waals surface area (Å²) in [6.07, 6.45) is 1.63. The van der Waals surface area contributed by atoms with Gasteiger partial charge in [0.15, 0.2) is 6.07 Å². The standard InChI is InChI=1S/C15H24ClNO5/c1-14(2,3)22-13(19)17-6-4-5-15(9-17,7-11-8-20-11)12(18)21-10-16/h11H,4-10H2,1-3H3. The molecule has 0 spiro atoms. The molecule has 7 heteroatoms. The average Bonchev–Trinajstić information content (AvgIpc) is 3.21. The van der Waals surface area contributed by atoms with Gasteiger partial charge in [0.2, 0.25) is 0 Å². The van der Waals surface area contributed by atoms with Crippen LogP contribution in [0.3, 0.4) is 0 Å². The zero-order valence-corrected chi connectivity index (χ0v) is 14.1. The molecule has 2 saturated heterocycles. The highest BCUT2D eigenvalue weighted by atomic mass is 35.5. The topological polar surface area (TPSA) is 68.4 Å². The number of carbonyl (C=O) groups excluding carboxylic acids is 2. The number of hydrogen-bond donors (Lipinski definition) is 0. The van der Waals surface area contributed by atoms with Gasteiger partial charge in [0, 0.05) is 13.1 Å². The number of epoxide rings is 1. The molecular formula is C15H24ClNO5. The van der Waals surface area contributed by atoms with Crippen LogP contribution in [0.1, 0.15) is 40.0 Å². The van der Waals surface area contributed by atoms with Crippen molar-refractivity contribution in [1.29, 1.82) is 0 Å². The zero-order chi connectivity index (χ0) is 16.4. The van der Waals surface area contributed by atoms with Gasteiger partial charge in [0.1, 0.15) is 5.60 Å². The molecule has 0 aliphatic carbocycles. The van der Waals surface area contributed by atoms with E-state index in [0.29, 0.717) is 26.0 Å². The van der Waals surface area contributed by atoms with E-state index in [1.54, 1.807) is 4.90 Å². The summed E-state index contributed by atoms with van der Waals surface area (Å²) in [6, 6.07) is -0.182.